The number of aromatic nitrogens is 2. The molecule has 0 saturated heterocycles. The zero-order valence-corrected chi connectivity index (χ0v) is 11.4. The van der Waals surface area contributed by atoms with Gasteiger partial charge in [0.1, 0.15) is 16.7 Å². The Morgan fingerprint density at radius 2 is 1.70 bits per heavy atom. The van der Waals surface area contributed by atoms with Gasteiger partial charge in [-0.05, 0) is 0 Å². The van der Waals surface area contributed by atoms with Crippen molar-refractivity contribution in [1.29, 1.82) is 0 Å². The van der Waals surface area contributed by atoms with Crippen molar-refractivity contribution in [3.8, 4) is 11.3 Å². The molecule has 0 fully saturated rings. The van der Waals surface area contributed by atoms with Gasteiger partial charge in [-0.25, -0.2) is 4.98 Å². The summed E-state index contributed by atoms with van der Waals surface area (Å²) in [5, 5.41) is 22.0. The Hall–Kier alpha value is -3.62. The van der Waals surface area contributed by atoms with E-state index in [1.165, 1.54) is 0 Å². The van der Waals surface area contributed by atoms with E-state index in [0.29, 0.717) is 5.56 Å². The second-order valence-corrected chi connectivity index (χ2v) is 4.65. The highest BCUT2D eigenvalue weighted by molar-refractivity contribution is 5.87. The van der Waals surface area contributed by atoms with Crippen LogP contribution in [0.15, 0.2) is 47.3 Å². The number of nitrogens with zero attached hydrogens (tertiary/aromatic N) is 3. The first kappa shape index (κ1) is 14.3. The maximum atomic E-state index is 12.2. The number of hydrogen-bond donors (Lipinski definition) is 1. The maximum Gasteiger partial charge on any atom is 0.301 e. The molecule has 0 unspecified atom stereocenters. The Morgan fingerprint density at radius 3 is 2.30 bits per heavy atom. The lowest BCUT2D eigenvalue weighted by atomic mass is 10.1. The summed E-state index contributed by atoms with van der Waals surface area (Å²) in [5.41, 5.74) is -1.28. The number of non-ortho nitro benzene ring substituents is 2. The van der Waals surface area contributed by atoms with Crippen LogP contribution in [0.5, 0.6) is 0 Å². The molecule has 9 heteroatoms. The molecule has 9 nitrogen and oxygen atoms in total. The molecule has 0 amide bonds. The SMILES string of the molecule is O=c1[nH]c2c([N+](=O)[O-])cc([N+](=O)[O-])cc2nc1-c1ccccc1. The van der Waals surface area contributed by atoms with Gasteiger partial charge in [0.2, 0.25) is 0 Å². The maximum absolute atomic E-state index is 12.2. The number of H-pyrrole nitrogens is 1. The van der Waals surface area contributed by atoms with Gasteiger partial charge in [-0.15, -0.1) is 0 Å². The molecule has 1 N–H and O–H groups in total. The van der Waals surface area contributed by atoms with Crippen LogP contribution in [0.2, 0.25) is 0 Å². The molecular formula is C14H8N4O5. The summed E-state index contributed by atoms with van der Waals surface area (Å²) in [6, 6.07) is 10.3. The number of hydrogen-bond acceptors (Lipinski definition) is 6. The molecule has 1 aromatic heterocycles. The van der Waals surface area contributed by atoms with Gasteiger partial charge in [-0.3, -0.25) is 25.0 Å². The van der Waals surface area contributed by atoms with E-state index in [4.69, 9.17) is 0 Å². The summed E-state index contributed by atoms with van der Waals surface area (Å²) < 4.78 is 0. The zero-order valence-electron chi connectivity index (χ0n) is 11.4. The summed E-state index contributed by atoms with van der Waals surface area (Å²) in [4.78, 5) is 39.1. The van der Waals surface area contributed by atoms with E-state index in [0.717, 1.165) is 12.1 Å². The fourth-order valence-electron chi connectivity index (χ4n) is 2.20. The second-order valence-electron chi connectivity index (χ2n) is 4.65. The van der Waals surface area contributed by atoms with Crippen molar-refractivity contribution < 1.29 is 9.85 Å². The Balaban J connectivity index is 2.37. The van der Waals surface area contributed by atoms with Crippen LogP contribution in [-0.4, -0.2) is 19.8 Å². The van der Waals surface area contributed by atoms with Crippen molar-refractivity contribution in [1.82, 2.24) is 9.97 Å². The second kappa shape index (κ2) is 5.30. The molecule has 0 atom stereocenters. The van der Waals surface area contributed by atoms with Crippen molar-refractivity contribution >= 4 is 22.4 Å². The number of rotatable bonds is 3. The molecule has 0 saturated carbocycles. The van der Waals surface area contributed by atoms with E-state index in [-0.39, 0.29) is 16.7 Å². The topological polar surface area (TPSA) is 132 Å². The molecule has 23 heavy (non-hydrogen) atoms. The summed E-state index contributed by atoms with van der Waals surface area (Å²) in [7, 11) is 0. The minimum absolute atomic E-state index is 0.0237. The van der Waals surface area contributed by atoms with Crippen molar-refractivity contribution in [3.63, 3.8) is 0 Å². The van der Waals surface area contributed by atoms with Crippen LogP contribution >= 0.6 is 0 Å². The molecule has 0 spiro atoms. The molecule has 3 rings (SSSR count). The summed E-state index contributed by atoms with van der Waals surface area (Å²) >= 11 is 0. The van der Waals surface area contributed by atoms with Crippen LogP contribution < -0.4 is 5.56 Å². The molecule has 0 bridgehead atoms. The number of fused-ring (bicyclic) bond motifs is 1. The number of aromatic amines is 1. The van der Waals surface area contributed by atoms with Gasteiger partial charge in [-0.2, -0.15) is 0 Å². The number of benzene rings is 2. The third-order valence-electron chi connectivity index (χ3n) is 3.22. The lowest BCUT2D eigenvalue weighted by molar-refractivity contribution is -0.393. The van der Waals surface area contributed by atoms with Gasteiger partial charge in [-0.1, -0.05) is 30.3 Å². The average Bonchev–Trinajstić information content (AvgIpc) is 2.53. The highest BCUT2D eigenvalue weighted by Crippen LogP contribution is 2.28. The third kappa shape index (κ3) is 2.50. The zero-order chi connectivity index (χ0) is 16.6. The van der Waals surface area contributed by atoms with Gasteiger partial charge < -0.3 is 4.98 Å². The first-order chi connectivity index (χ1) is 11.0. The number of nitro groups is 2. The summed E-state index contributed by atoms with van der Waals surface area (Å²) in [6.45, 7) is 0. The van der Waals surface area contributed by atoms with E-state index >= 15 is 0 Å². The minimum atomic E-state index is -0.796. The van der Waals surface area contributed by atoms with Crippen LogP contribution in [-0.2, 0) is 0 Å². The van der Waals surface area contributed by atoms with E-state index in [2.05, 4.69) is 9.97 Å². The highest BCUT2D eigenvalue weighted by Gasteiger charge is 2.22. The Kier molecular flexibility index (Phi) is 3.30. The van der Waals surface area contributed by atoms with Gasteiger partial charge >= 0.3 is 5.69 Å². The van der Waals surface area contributed by atoms with Gasteiger partial charge in [0.15, 0.2) is 0 Å². The predicted molar refractivity (Wildman–Crippen MR) is 81.1 cm³/mol. The standard InChI is InChI=1S/C14H8N4O5/c19-14-12(8-4-2-1-3-5-8)15-10-6-9(17(20)21)7-11(18(22)23)13(10)16-14/h1-7H,(H,16,19). The summed E-state index contributed by atoms with van der Waals surface area (Å²) in [6.07, 6.45) is 0. The average molecular weight is 312 g/mol. The molecule has 0 radical (unpaired) electrons. The Morgan fingerprint density at radius 1 is 1.00 bits per heavy atom. The van der Waals surface area contributed by atoms with Crippen LogP contribution in [0, 0.1) is 20.2 Å². The fourth-order valence-corrected chi connectivity index (χ4v) is 2.20. The minimum Gasteiger partial charge on any atom is -0.313 e. The third-order valence-corrected chi connectivity index (χ3v) is 3.22. The van der Waals surface area contributed by atoms with Gasteiger partial charge in [0.25, 0.3) is 11.2 Å². The smallest absolute Gasteiger partial charge is 0.301 e. The molecule has 2 aromatic carbocycles. The quantitative estimate of drug-likeness (QED) is 0.583. The summed E-state index contributed by atoms with van der Waals surface area (Å²) in [5.74, 6) is 0. The van der Waals surface area contributed by atoms with Crippen LogP contribution in [0.25, 0.3) is 22.3 Å². The van der Waals surface area contributed by atoms with Gasteiger partial charge in [0.05, 0.1) is 15.9 Å². The highest BCUT2D eigenvalue weighted by atomic mass is 16.6. The lowest BCUT2D eigenvalue weighted by Crippen LogP contribution is -2.12. The fraction of sp³-hybridized carbons (Fsp3) is 0. The van der Waals surface area contributed by atoms with Crippen molar-refractivity contribution in [2.45, 2.75) is 0 Å². The van der Waals surface area contributed by atoms with Crippen molar-refractivity contribution in [3.05, 3.63) is 73.0 Å². The van der Waals surface area contributed by atoms with Crippen LogP contribution in [0.4, 0.5) is 11.4 Å². The van der Waals surface area contributed by atoms with E-state index in [1.807, 2.05) is 0 Å². The molecule has 0 aliphatic rings. The first-order valence-electron chi connectivity index (χ1n) is 6.39. The first-order valence-corrected chi connectivity index (χ1v) is 6.39. The number of nitrogens with one attached hydrogen (secondary N) is 1. The number of nitro benzene ring substituents is 2. The van der Waals surface area contributed by atoms with Crippen molar-refractivity contribution in [2.24, 2.45) is 0 Å². The molecule has 114 valence electrons. The molecule has 3 aromatic rings. The normalized spacial score (nSPS) is 10.6. The predicted octanol–water partition coefficient (Wildman–Crippen LogP) is 2.41. The van der Waals surface area contributed by atoms with Crippen molar-refractivity contribution in [2.75, 3.05) is 0 Å². The molecule has 1 heterocycles. The molecule has 0 aliphatic carbocycles. The Labute approximate surface area is 127 Å². The van der Waals surface area contributed by atoms with Crippen LogP contribution in [0.1, 0.15) is 0 Å². The largest absolute Gasteiger partial charge is 0.313 e. The lowest BCUT2D eigenvalue weighted by Gasteiger charge is -2.03. The van der Waals surface area contributed by atoms with Crippen LogP contribution in [0.3, 0.4) is 0 Å². The Bertz CT molecular complexity index is 997. The van der Waals surface area contributed by atoms with E-state index < -0.39 is 26.8 Å². The molecular weight excluding hydrogens is 304 g/mol. The van der Waals surface area contributed by atoms with E-state index in [9.17, 15) is 25.0 Å². The van der Waals surface area contributed by atoms with E-state index in [1.54, 1.807) is 30.3 Å². The molecule has 0 aliphatic heterocycles. The van der Waals surface area contributed by atoms with Gasteiger partial charge in [0, 0.05) is 11.6 Å². The monoisotopic (exact) mass is 312 g/mol.